The SMILES string of the molecule is CNC(CCc1ccc(C)c(F)c1F)C(C)C. The maximum Gasteiger partial charge on any atom is 0.162 e. The van der Waals surface area contributed by atoms with Crippen molar-refractivity contribution in [1.29, 1.82) is 0 Å². The van der Waals surface area contributed by atoms with Crippen LogP contribution in [0.3, 0.4) is 0 Å². The molecule has 0 radical (unpaired) electrons. The maximum atomic E-state index is 13.6. The second kappa shape index (κ2) is 6.10. The first-order valence-electron chi connectivity index (χ1n) is 6.08. The molecule has 0 aliphatic heterocycles. The number of aryl methyl sites for hydroxylation is 2. The summed E-state index contributed by atoms with van der Waals surface area (Å²) >= 11 is 0. The first-order chi connectivity index (χ1) is 7.97. The highest BCUT2D eigenvalue weighted by Crippen LogP contribution is 2.18. The lowest BCUT2D eigenvalue weighted by Gasteiger charge is -2.20. The fourth-order valence-corrected chi connectivity index (χ4v) is 2.00. The molecule has 1 atom stereocenters. The fourth-order valence-electron chi connectivity index (χ4n) is 2.00. The molecular formula is C14H21F2N. The van der Waals surface area contributed by atoms with Crippen LogP contribution in [-0.4, -0.2) is 13.1 Å². The summed E-state index contributed by atoms with van der Waals surface area (Å²) in [6.07, 6.45) is 1.38. The second-order valence-corrected chi connectivity index (χ2v) is 4.85. The van der Waals surface area contributed by atoms with Crippen molar-refractivity contribution in [3.8, 4) is 0 Å². The molecule has 1 rings (SSSR count). The van der Waals surface area contributed by atoms with E-state index in [2.05, 4.69) is 19.2 Å². The average molecular weight is 241 g/mol. The summed E-state index contributed by atoms with van der Waals surface area (Å²) in [6, 6.07) is 3.65. The predicted molar refractivity (Wildman–Crippen MR) is 67.1 cm³/mol. The number of nitrogens with one attached hydrogen (secondary N) is 1. The minimum Gasteiger partial charge on any atom is -0.317 e. The lowest BCUT2D eigenvalue weighted by atomic mass is 9.96. The molecule has 1 aromatic rings. The molecule has 96 valence electrons. The van der Waals surface area contributed by atoms with Gasteiger partial charge >= 0.3 is 0 Å². The number of hydrogen-bond acceptors (Lipinski definition) is 1. The molecule has 1 unspecified atom stereocenters. The maximum absolute atomic E-state index is 13.6. The number of halogens is 2. The molecule has 0 saturated heterocycles. The van der Waals surface area contributed by atoms with Gasteiger partial charge in [0.25, 0.3) is 0 Å². The van der Waals surface area contributed by atoms with E-state index in [4.69, 9.17) is 0 Å². The van der Waals surface area contributed by atoms with Crippen LogP contribution in [0.2, 0.25) is 0 Å². The molecule has 0 spiro atoms. The first kappa shape index (κ1) is 14.1. The summed E-state index contributed by atoms with van der Waals surface area (Å²) < 4.78 is 27.0. The molecule has 0 amide bonds. The summed E-state index contributed by atoms with van der Waals surface area (Å²) in [7, 11) is 1.90. The highest BCUT2D eigenvalue weighted by atomic mass is 19.2. The zero-order valence-electron chi connectivity index (χ0n) is 11.0. The van der Waals surface area contributed by atoms with E-state index in [0.29, 0.717) is 29.5 Å². The molecule has 1 aromatic carbocycles. The molecule has 0 aliphatic carbocycles. The Balaban J connectivity index is 2.73. The van der Waals surface area contributed by atoms with Crippen molar-refractivity contribution in [1.82, 2.24) is 5.32 Å². The first-order valence-corrected chi connectivity index (χ1v) is 6.08. The van der Waals surface area contributed by atoms with Crippen LogP contribution < -0.4 is 5.32 Å². The van der Waals surface area contributed by atoms with Gasteiger partial charge in [-0.15, -0.1) is 0 Å². The van der Waals surface area contributed by atoms with Gasteiger partial charge in [-0.05, 0) is 43.9 Å². The Kier molecular flexibility index (Phi) is 5.06. The van der Waals surface area contributed by atoms with Crippen molar-refractivity contribution in [3.05, 3.63) is 34.9 Å². The normalized spacial score (nSPS) is 13.1. The number of rotatable bonds is 5. The van der Waals surface area contributed by atoms with Crippen LogP contribution >= 0.6 is 0 Å². The third kappa shape index (κ3) is 3.50. The standard InChI is InChI=1S/C14H21F2N/c1-9(2)12(17-4)8-7-11-6-5-10(3)13(15)14(11)16/h5-6,9,12,17H,7-8H2,1-4H3. The minimum absolute atomic E-state index is 0.332. The summed E-state index contributed by atoms with van der Waals surface area (Å²) in [4.78, 5) is 0. The fraction of sp³-hybridized carbons (Fsp3) is 0.571. The van der Waals surface area contributed by atoms with Crippen LogP contribution in [0.4, 0.5) is 8.78 Å². The molecule has 1 N–H and O–H groups in total. The van der Waals surface area contributed by atoms with Crippen molar-refractivity contribution in [3.63, 3.8) is 0 Å². The lowest BCUT2D eigenvalue weighted by Crippen LogP contribution is -2.31. The van der Waals surface area contributed by atoms with Crippen LogP contribution in [0, 0.1) is 24.5 Å². The van der Waals surface area contributed by atoms with Crippen molar-refractivity contribution >= 4 is 0 Å². The van der Waals surface area contributed by atoms with Crippen molar-refractivity contribution in [2.45, 2.75) is 39.7 Å². The molecule has 0 aliphatic rings. The quantitative estimate of drug-likeness (QED) is 0.832. The van der Waals surface area contributed by atoms with E-state index >= 15 is 0 Å². The van der Waals surface area contributed by atoms with Gasteiger partial charge in [0.2, 0.25) is 0 Å². The topological polar surface area (TPSA) is 12.0 Å². The molecule has 0 fully saturated rings. The zero-order valence-corrected chi connectivity index (χ0v) is 11.0. The van der Waals surface area contributed by atoms with Gasteiger partial charge in [0.05, 0.1) is 0 Å². The van der Waals surface area contributed by atoms with E-state index in [1.54, 1.807) is 19.1 Å². The molecule has 0 saturated carbocycles. The molecule has 0 aromatic heterocycles. The molecule has 3 heteroatoms. The summed E-state index contributed by atoms with van der Waals surface area (Å²) in [5.41, 5.74) is 0.828. The van der Waals surface area contributed by atoms with E-state index in [1.807, 2.05) is 7.05 Å². The zero-order chi connectivity index (χ0) is 13.0. The highest BCUT2D eigenvalue weighted by Gasteiger charge is 2.14. The Bertz CT molecular complexity index is 375. The molecular weight excluding hydrogens is 220 g/mol. The van der Waals surface area contributed by atoms with Crippen molar-refractivity contribution in [2.24, 2.45) is 5.92 Å². The second-order valence-electron chi connectivity index (χ2n) is 4.85. The summed E-state index contributed by atoms with van der Waals surface area (Å²) in [6.45, 7) is 5.81. The predicted octanol–water partition coefficient (Wildman–Crippen LogP) is 3.45. The summed E-state index contributed by atoms with van der Waals surface area (Å²) in [5.74, 6) is -0.921. The van der Waals surface area contributed by atoms with Crippen LogP contribution in [0.1, 0.15) is 31.4 Å². The molecule has 1 nitrogen and oxygen atoms in total. The van der Waals surface area contributed by atoms with E-state index in [9.17, 15) is 8.78 Å². The Morgan fingerprint density at radius 2 is 1.82 bits per heavy atom. The Morgan fingerprint density at radius 1 is 1.18 bits per heavy atom. The Labute approximate surface area is 102 Å². The van der Waals surface area contributed by atoms with Crippen LogP contribution in [0.15, 0.2) is 12.1 Å². The smallest absolute Gasteiger partial charge is 0.162 e. The van der Waals surface area contributed by atoms with Crippen LogP contribution in [-0.2, 0) is 6.42 Å². The Morgan fingerprint density at radius 3 is 2.35 bits per heavy atom. The molecule has 17 heavy (non-hydrogen) atoms. The van der Waals surface area contributed by atoms with E-state index in [1.165, 1.54) is 0 Å². The number of hydrogen-bond donors (Lipinski definition) is 1. The van der Waals surface area contributed by atoms with Gasteiger partial charge in [-0.1, -0.05) is 26.0 Å². The van der Waals surface area contributed by atoms with E-state index < -0.39 is 11.6 Å². The minimum atomic E-state index is -0.715. The lowest BCUT2D eigenvalue weighted by molar-refractivity contribution is 0.398. The van der Waals surface area contributed by atoms with Gasteiger partial charge in [0.1, 0.15) is 0 Å². The number of benzene rings is 1. The average Bonchev–Trinajstić information content (AvgIpc) is 2.29. The largest absolute Gasteiger partial charge is 0.317 e. The van der Waals surface area contributed by atoms with Crippen LogP contribution in [0.25, 0.3) is 0 Å². The van der Waals surface area contributed by atoms with Gasteiger partial charge in [0, 0.05) is 6.04 Å². The molecule has 0 heterocycles. The van der Waals surface area contributed by atoms with Gasteiger partial charge in [0.15, 0.2) is 11.6 Å². The van der Waals surface area contributed by atoms with Gasteiger partial charge < -0.3 is 5.32 Å². The third-order valence-electron chi connectivity index (χ3n) is 3.26. The van der Waals surface area contributed by atoms with Gasteiger partial charge in [-0.25, -0.2) is 8.78 Å². The van der Waals surface area contributed by atoms with Gasteiger partial charge in [-0.2, -0.15) is 0 Å². The highest BCUT2D eigenvalue weighted by molar-refractivity contribution is 5.25. The van der Waals surface area contributed by atoms with Crippen molar-refractivity contribution < 1.29 is 8.78 Å². The Hall–Kier alpha value is -0.960. The van der Waals surface area contributed by atoms with Crippen molar-refractivity contribution in [2.75, 3.05) is 7.05 Å². The third-order valence-corrected chi connectivity index (χ3v) is 3.26. The van der Waals surface area contributed by atoms with Gasteiger partial charge in [-0.3, -0.25) is 0 Å². The monoisotopic (exact) mass is 241 g/mol. The molecule has 0 bridgehead atoms. The van der Waals surface area contributed by atoms with E-state index in [0.717, 1.165) is 6.42 Å². The van der Waals surface area contributed by atoms with Crippen LogP contribution in [0.5, 0.6) is 0 Å². The van der Waals surface area contributed by atoms with E-state index in [-0.39, 0.29) is 0 Å². The summed E-state index contributed by atoms with van der Waals surface area (Å²) in [5, 5.41) is 3.20.